The molecule has 0 heterocycles. The zero-order valence-electron chi connectivity index (χ0n) is 56.6. The number of carbonyl (C=O) groups excluding carboxylic acids is 4. The summed E-state index contributed by atoms with van der Waals surface area (Å²) in [6.07, 6.45) is 39.2. The molecule has 0 amide bonds. The predicted molar refractivity (Wildman–Crippen MR) is 349 cm³/mol. The van der Waals surface area contributed by atoms with Crippen LogP contribution in [0.2, 0.25) is 0 Å². The van der Waals surface area contributed by atoms with Crippen LogP contribution in [0.25, 0.3) is 0 Å². The first kappa shape index (κ1) is 85.1. The fourth-order valence-corrected chi connectivity index (χ4v) is 11.7. The van der Waals surface area contributed by atoms with Gasteiger partial charge in [-0.05, 0) is 49.4 Å². The van der Waals surface area contributed by atoms with Crippen LogP contribution in [0.3, 0.4) is 0 Å². The summed E-state index contributed by atoms with van der Waals surface area (Å²) < 4.78 is 68.1. The number of aliphatic hydroxyl groups is 1. The number of unbranched alkanes of at least 4 members (excludes halogenated alkanes) is 29. The van der Waals surface area contributed by atoms with Crippen molar-refractivity contribution in [2.75, 3.05) is 39.6 Å². The second-order valence-corrected chi connectivity index (χ2v) is 28.9. The van der Waals surface area contributed by atoms with Gasteiger partial charge in [0.15, 0.2) is 12.2 Å². The van der Waals surface area contributed by atoms with Gasteiger partial charge in [-0.2, -0.15) is 0 Å². The molecule has 0 radical (unpaired) electrons. The van der Waals surface area contributed by atoms with E-state index in [2.05, 4.69) is 55.4 Å². The average molecular weight is 1280 g/mol. The van der Waals surface area contributed by atoms with Gasteiger partial charge in [-0.3, -0.25) is 37.3 Å². The van der Waals surface area contributed by atoms with E-state index < -0.39 is 97.5 Å². The molecule has 516 valence electrons. The van der Waals surface area contributed by atoms with Crippen molar-refractivity contribution in [1.82, 2.24) is 0 Å². The summed E-state index contributed by atoms with van der Waals surface area (Å²) in [5.74, 6) is 0.795. The highest BCUT2D eigenvalue weighted by Gasteiger charge is 2.30. The van der Waals surface area contributed by atoms with Gasteiger partial charge < -0.3 is 33.8 Å². The van der Waals surface area contributed by atoms with E-state index in [1.54, 1.807) is 0 Å². The Balaban J connectivity index is 5.20. The quantitative estimate of drug-likeness (QED) is 0.0222. The second kappa shape index (κ2) is 57.9. The first-order valence-corrected chi connectivity index (χ1v) is 38.3. The van der Waals surface area contributed by atoms with Crippen molar-refractivity contribution < 1.29 is 80.2 Å². The summed E-state index contributed by atoms with van der Waals surface area (Å²) in [7, 11) is -9.90. The lowest BCUT2D eigenvalue weighted by molar-refractivity contribution is -0.161. The summed E-state index contributed by atoms with van der Waals surface area (Å²) in [5, 5.41) is 10.6. The lowest BCUT2D eigenvalue weighted by atomic mass is 10.00. The zero-order valence-corrected chi connectivity index (χ0v) is 58.4. The molecule has 19 heteroatoms. The van der Waals surface area contributed by atoms with Crippen LogP contribution in [-0.4, -0.2) is 96.7 Å². The molecule has 3 N–H and O–H groups in total. The summed E-state index contributed by atoms with van der Waals surface area (Å²) in [6, 6.07) is 0. The lowest BCUT2D eigenvalue weighted by Gasteiger charge is -2.21. The number of ether oxygens (including phenoxy) is 4. The molecule has 4 unspecified atom stereocenters. The third-order valence-corrected chi connectivity index (χ3v) is 18.2. The van der Waals surface area contributed by atoms with Gasteiger partial charge in [0.25, 0.3) is 0 Å². The largest absolute Gasteiger partial charge is 0.472 e. The van der Waals surface area contributed by atoms with Crippen LogP contribution in [0.5, 0.6) is 0 Å². The van der Waals surface area contributed by atoms with Crippen LogP contribution in [0.15, 0.2) is 0 Å². The molecule has 0 aliphatic rings. The van der Waals surface area contributed by atoms with E-state index in [1.165, 1.54) is 122 Å². The Morgan fingerprint density at radius 2 is 0.552 bits per heavy atom. The monoisotopic (exact) mass is 1280 g/mol. The zero-order chi connectivity index (χ0) is 64.7. The van der Waals surface area contributed by atoms with Gasteiger partial charge in [0, 0.05) is 25.7 Å². The molecule has 0 aromatic rings. The number of esters is 4. The van der Waals surface area contributed by atoms with Crippen molar-refractivity contribution in [3.8, 4) is 0 Å². The molecule has 87 heavy (non-hydrogen) atoms. The standard InChI is InChI=1S/C68H132O17P2/c1-9-60(7)46-38-30-23-26-33-41-49-66(71)79-55-64(85-68(73)51-43-35-27-24-31-39-47-61(8)10-2)57-83-87(76,77)81-53-62(69)52-80-86(74,75)82-56-63(54-78-65(70)48-40-32-25-22-29-37-45-59(5)6)84-67(72)50-42-34-21-19-17-15-13-11-12-14-16-18-20-28-36-44-58(3)4/h58-64,69H,9-57H2,1-8H3,(H,74,75)(H,76,77)/t60?,61?,62-,63-,64-/m1/s1. The number of hydrogen-bond donors (Lipinski definition) is 3. The third-order valence-electron chi connectivity index (χ3n) is 16.3. The van der Waals surface area contributed by atoms with Gasteiger partial charge in [-0.25, -0.2) is 9.13 Å². The number of aliphatic hydroxyl groups excluding tert-OH is 1. The first-order valence-electron chi connectivity index (χ1n) is 35.3. The number of phosphoric ester groups is 2. The molecular weight excluding hydrogens is 1150 g/mol. The van der Waals surface area contributed by atoms with Gasteiger partial charge >= 0.3 is 39.5 Å². The fourth-order valence-electron chi connectivity index (χ4n) is 10.1. The number of carbonyl (C=O) groups is 4. The highest BCUT2D eigenvalue weighted by Crippen LogP contribution is 2.45. The Kier molecular flexibility index (Phi) is 56.6. The van der Waals surface area contributed by atoms with Crippen molar-refractivity contribution in [3.05, 3.63) is 0 Å². The van der Waals surface area contributed by atoms with Crippen molar-refractivity contribution in [3.63, 3.8) is 0 Å². The van der Waals surface area contributed by atoms with E-state index >= 15 is 0 Å². The van der Waals surface area contributed by atoms with E-state index in [9.17, 15) is 43.2 Å². The molecule has 0 saturated carbocycles. The molecule has 7 atom stereocenters. The minimum absolute atomic E-state index is 0.101. The normalized spacial score (nSPS) is 15.0. The average Bonchev–Trinajstić information content (AvgIpc) is 3.56. The molecule has 0 aliphatic carbocycles. The van der Waals surface area contributed by atoms with Gasteiger partial charge in [-0.15, -0.1) is 0 Å². The molecule has 0 aromatic heterocycles. The molecule has 0 saturated heterocycles. The molecule has 17 nitrogen and oxygen atoms in total. The molecule has 0 fully saturated rings. The highest BCUT2D eigenvalue weighted by molar-refractivity contribution is 7.47. The Labute approximate surface area is 530 Å². The highest BCUT2D eigenvalue weighted by atomic mass is 31.2. The number of rotatable bonds is 65. The fraction of sp³-hybridized carbons (Fsp3) is 0.941. The third kappa shape index (κ3) is 60.1. The number of phosphoric acid groups is 2. The Morgan fingerprint density at radius 1 is 0.322 bits per heavy atom. The summed E-state index contributed by atoms with van der Waals surface area (Å²) >= 11 is 0. The van der Waals surface area contributed by atoms with Crippen LogP contribution in [0.1, 0.15) is 331 Å². The summed E-state index contributed by atoms with van der Waals surface area (Å²) in [6.45, 7) is 14.0. The van der Waals surface area contributed by atoms with Crippen LogP contribution < -0.4 is 0 Å². The van der Waals surface area contributed by atoms with Gasteiger partial charge in [0.1, 0.15) is 19.3 Å². The maximum atomic E-state index is 13.0. The smallest absolute Gasteiger partial charge is 0.462 e. The van der Waals surface area contributed by atoms with Gasteiger partial charge in [0.05, 0.1) is 26.4 Å². The van der Waals surface area contributed by atoms with E-state index in [0.717, 1.165) is 120 Å². The maximum absolute atomic E-state index is 13.0. The molecule has 0 rings (SSSR count). The van der Waals surface area contributed by atoms with Gasteiger partial charge in [-0.1, -0.05) is 280 Å². The van der Waals surface area contributed by atoms with Crippen molar-refractivity contribution in [1.29, 1.82) is 0 Å². The second-order valence-electron chi connectivity index (χ2n) is 26.0. The Hall–Kier alpha value is -1.94. The number of hydrogen-bond acceptors (Lipinski definition) is 15. The maximum Gasteiger partial charge on any atom is 0.472 e. The SMILES string of the molecule is CCC(C)CCCCCCCCC(=O)OC[C@H](COP(=O)(O)OC[C@H](O)COP(=O)(O)OC[C@@H](COC(=O)CCCCCCCCC(C)C)OC(=O)CCCCCCCCCCCCCCCCCC(C)C)OC(=O)CCCCCCCCC(C)CC. The summed E-state index contributed by atoms with van der Waals surface area (Å²) in [5.41, 5.74) is 0. The van der Waals surface area contributed by atoms with Crippen LogP contribution >= 0.6 is 15.6 Å². The van der Waals surface area contributed by atoms with Crippen molar-refractivity contribution >= 4 is 39.5 Å². The Bertz CT molecular complexity index is 1730. The van der Waals surface area contributed by atoms with E-state index in [1.807, 2.05) is 0 Å². The van der Waals surface area contributed by atoms with Crippen LogP contribution in [0, 0.1) is 23.7 Å². The van der Waals surface area contributed by atoms with Crippen molar-refractivity contribution in [2.24, 2.45) is 23.7 Å². The van der Waals surface area contributed by atoms with E-state index in [0.29, 0.717) is 31.6 Å². The summed E-state index contributed by atoms with van der Waals surface area (Å²) in [4.78, 5) is 72.3. The lowest BCUT2D eigenvalue weighted by Crippen LogP contribution is -2.30. The van der Waals surface area contributed by atoms with Crippen LogP contribution in [-0.2, 0) is 65.4 Å². The predicted octanol–water partition coefficient (Wildman–Crippen LogP) is 18.9. The molecular formula is C68H132O17P2. The van der Waals surface area contributed by atoms with Crippen LogP contribution in [0.4, 0.5) is 0 Å². The van der Waals surface area contributed by atoms with E-state index in [4.69, 9.17) is 37.0 Å². The minimum Gasteiger partial charge on any atom is -0.462 e. The first-order chi connectivity index (χ1) is 41.7. The molecule has 0 bridgehead atoms. The molecule has 0 aliphatic heterocycles. The van der Waals surface area contributed by atoms with Gasteiger partial charge in [0.2, 0.25) is 0 Å². The molecule has 0 aromatic carbocycles. The van der Waals surface area contributed by atoms with E-state index in [-0.39, 0.29) is 25.7 Å². The topological polar surface area (TPSA) is 237 Å². The molecule has 0 spiro atoms. The minimum atomic E-state index is -4.95. The van der Waals surface area contributed by atoms with Crippen molar-refractivity contribution in [2.45, 2.75) is 350 Å². The Morgan fingerprint density at radius 3 is 0.816 bits per heavy atom.